The third-order valence-corrected chi connectivity index (χ3v) is 4.20. The molecule has 1 aromatic carbocycles. The molecule has 0 saturated heterocycles. The highest BCUT2D eigenvalue weighted by atomic mass is 32.2. The van der Waals surface area contributed by atoms with Crippen LogP contribution >= 0.6 is 0 Å². The second-order valence-corrected chi connectivity index (χ2v) is 6.27. The molecule has 0 saturated carbocycles. The fourth-order valence-corrected chi connectivity index (χ4v) is 2.92. The molecular weight excluding hydrogens is 278 g/mol. The van der Waals surface area contributed by atoms with E-state index in [1.54, 1.807) is 6.07 Å². The number of aromatic nitrogens is 2. The molecule has 1 heterocycles. The van der Waals surface area contributed by atoms with Crippen molar-refractivity contribution in [1.82, 2.24) is 9.78 Å². The van der Waals surface area contributed by atoms with E-state index in [0.29, 0.717) is 5.69 Å². The standard InChI is InChI=1S/C13H17N3O3S/c1-10-3-4-13(11(2)7-10)15-20(18,19)12-8-14-16(9-12)5-6-17/h3-4,7-9,15,17H,5-6H2,1-2H3. The van der Waals surface area contributed by atoms with Gasteiger partial charge in [-0.2, -0.15) is 5.10 Å². The molecule has 0 aliphatic rings. The van der Waals surface area contributed by atoms with Gasteiger partial charge in [0.25, 0.3) is 10.0 Å². The molecule has 0 fully saturated rings. The van der Waals surface area contributed by atoms with E-state index in [-0.39, 0.29) is 18.0 Å². The van der Waals surface area contributed by atoms with Gasteiger partial charge in [-0.1, -0.05) is 17.7 Å². The number of nitrogens with one attached hydrogen (secondary N) is 1. The van der Waals surface area contributed by atoms with E-state index in [4.69, 9.17) is 5.11 Å². The number of hydrogen-bond donors (Lipinski definition) is 2. The van der Waals surface area contributed by atoms with Crippen LogP contribution < -0.4 is 4.72 Å². The Morgan fingerprint density at radius 2 is 2.10 bits per heavy atom. The highest BCUT2D eigenvalue weighted by Crippen LogP contribution is 2.20. The van der Waals surface area contributed by atoms with Gasteiger partial charge in [-0.3, -0.25) is 9.40 Å². The average Bonchev–Trinajstić information content (AvgIpc) is 2.83. The fraction of sp³-hybridized carbons (Fsp3) is 0.308. The summed E-state index contributed by atoms with van der Waals surface area (Å²) in [5.41, 5.74) is 2.48. The van der Waals surface area contributed by atoms with Crippen LogP contribution in [0.4, 0.5) is 5.69 Å². The molecule has 0 bridgehead atoms. The SMILES string of the molecule is Cc1ccc(NS(=O)(=O)c2cnn(CCO)c2)c(C)c1. The van der Waals surface area contributed by atoms with E-state index >= 15 is 0 Å². The summed E-state index contributed by atoms with van der Waals surface area (Å²) < 4.78 is 28.4. The zero-order valence-corrected chi connectivity index (χ0v) is 12.2. The van der Waals surface area contributed by atoms with Crippen molar-refractivity contribution in [2.45, 2.75) is 25.3 Å². The summed E-state index contributed by atoms with van der Waals surface area (Å²) in [4.78, 5) is 0.0749. The van der Waals surface area contributed by atoms with Gasteiger partial charge in [0.05, 0.1) is 25.0 Å². The molecule has 1 aromatic heterocycles. The lowest BCUT2D eigenvalue weighted by Gasteiger charge is -2.09. The van der Waals surface area contributed by atoms with Crippen LogP contribution in [0.25, 0.3) is 0 Å². The molecule has 0 amide bonds. The van der Waals surface area contributed by atoms with Gasteiger partial charge in [-0.15, -0.1) is 0 Å². The molecule has 0 aliphatic heterocycles. The van der Waals surface area contributed by atoms with E-state index in [1.807, 2.05) is 26.0 Å². The van der Waals surface area contributed by atoms with Crippen molar-refractivity contribution in [3.63, 3.8) is 0 Å². The van der Waals surface area contributed by atoms with Crippen LogP contribution in [0.5, 0.6) is 0 Å². The Morgan fingerprint density at radius 1 is 1.35 bits per heavy atom. The van der Waals surface area contributed by atoms with Crippen LogP contribution in [0.3, 0.4) is 0 Å². The minimum Gasteiger partial charge on any atom is -0.394 e. The summed E-state index contributed by atoms with van der Waals surface area (Å²) in [7, 11) is -3.66. The lowest BCUT2D eigenvalue weighted by molar-refractivity contribution is 0.269. The van der Waals surface area contributed by atoms with Gasteiger partial charge in [0.15, 0.2) is 0 Å². The second-order valence-electron chi connectivity index (χ2n) is 4.59. The Balaban J connectivity index is 2.26. The Labute approximate surface area is 118 Å². The first kappa shape index (κ1) is 14.5. The number of aliphatic hydroxyl groups excluding tert-OH is 1. The quantitative estimate of drug-likeness (QED) is 0.870. The number of benzene rings is 1. The van der Waals surface area contributed by atoms with E-state index < -0.39 is 10.0 Å². The van der Waals surface area contributed by atoms with E-state index in [1.165, 1.54) is 17.1 Å². The topological polar surface area (TPSA) is 84.2 Å². The van der Waals surface area contributed by atoms with Crippen molar-refractivity contribution in [2.24, 2.45) is 0 Å². The molecule has 0 radical (unpaired) electrons. The summed E-state index contributed by atoms with van der Waals surface area (Å²) in [6.07, 6.45) is 2.66. The second kappa shape index (κ2) is 5.64. The summed E-state index contributed by atoms with van der Waals surface area (Å²) >= 11 is 0. The number of sulfonamides is 1. The minimum absolute atomic E-state index is 0.0749. The summed E-state index contributed by atoms with van der Waals surface area (Å²) in [6, 6.07) is 5.49. The van der Waals surface area contributed by atoms with E-state index in [2.05, 4.69) is 9.82 Å². The number of aliphatic hydroxyl groups is 1. The van der Waals surface area contributed by atoms with Gasteiger partial charge in [0.1, 0.15) is 4.90 Å². The van der Waals surface area contributed by atoms with Crippen molar-refractivity contribution in [3.05, 3.63) is 41.7 Å². The number of nitrogens with zero attached hydrogens (tertiary/aromatic N) is 2. The van der Waals surface area contributed by atoms with Gasteiger partial charge in [-0.05, 0) is 25.5 Å². The highest BCUT2D eigenvalue weighted by Gasteiger charge is 2.17. The van der Waals surface area contributed by atoms with Crippen LogP contribution in [-0.2, 0) is 16.6 Å². The summed E-state index contributed by atoms with van der Waals surface area (Å²) in [5.74, 6) is 0. The van der Waals surface area contributed by atoms with Crippen LogP contribution in [-0.4, -0.2) is 29.9 Å². The molecule has 2 aromatic rings. The van der Waals surface area contributed by atoms with Crippen LogP contribution in [0.2, 0.25) is 0 Å². The predicted octanol–water partition coefficient (Wildman–Crippen LogP) is 1.29. The van der Waals surface area contributed by atoms with Crippen molar-refractivity contribution >= 4 is 15.7 Å². The average molecular weight is 295 g/mol. The zero-order valence-electron chi connectivity index (χ0n) is 11.4. The molecule has 7 heteroatoms. The van der Waals surface area contributed by atoms with E-state index in [9.17, 15) is 8.42 Å². The monoisotopic (exact) mass is 295 g/mol. The Bertz CT molecular complexity index is 707. The van der Waals surface area contributed by atoms with Crippen LogP contribution in [0.1, 0.15) is 11.1 Å². The third kappa shape index (κ3) is 3.17. The lowest BCUT2D eigenvalue weighted by atomic mass is 10.1. The highest BCUT2D eigenvalue weighted by molar-refractivity contribution is 7.92. The molecule has 20 heavy (non-hydrogen) atoms. The predicted molar refractivity (Wildman–Crippen MR) is 76.0 cm³/mol. The van der Waals surface area contributed by atoms with Crippen molar-refractivity contribution in [3.8, 4) is 0 Å². The molecule has 0 atom stereocenters. The molecule has 108 valence electrons. The van der Waals surface area contributed by atoms with Crippen molar-refractivity contribution in [1.29, 1.82) is 0 Å². The Hall–Kier alpha value is -1.86. The number of aryl methyl sites for hydroxylation is 2. The smallest absolute Gasteiger partial charge is 0.265 e. The fourth-order valence-electron chi connectivity index (χ4n) is 1.84. The molecule has 0 spiro atoms. The lowest BCUT2D eigenvalue weighted by Crippen LogP contribution is -2.13. The summed E-state index contributed by atoms with van der Waals surface area (Å²) in [5, 5.41) is 12.7. The van der Waals surface area contributed by atoms with E-state index in [0.717, 1.165) is 11.1 Å². The number of rotatable bonds is 5. The van der Waals surface area contributed by atoms with Gasteiger partial charge >= 0.3 is 0 Å². The van der Waals surface area contributed by atoms with Crippen LogP contribution in [0, 0.1) is 13.8 Å². The summed E-state index contributed by atoms with van der Waals surface area (Å²) in [6.45, 7) is 3.97. The minimum atomic E-state index is -3.66. The molecule has 2 N–H and O–H groups in total. The molecule has 0 unspecified atom stereocenters. The van der Waals surface area contributed by atoms with Crippen LogP contribution in [0.15, 0.2) is 35.5 Å². The maximum absolute atomic E-state index is 12.2. The van der Waals surface area contributed by atoms with Crippen molar-refractivity contribution < 1.29 is 13.5 Å². The molecule has 2 rings (SSSR count). The van der Waals surface area contributed by atoms with Gasteiger partial charge < -0.3 is 5.11 Å². The molecular formula is C13H17N3O3S. The van der Waals surface area contributed by atoms with Gasteiger partial charge in [0.2, 0.25) is 0 Å². The Kier molecular flexibility index (Phi) is 4.10. The maximum atomic E-state index is 12.2. The van der Waals surface area contributed by atoms with Gasteiger partial charge in [-0.25, -0.2) is 8.42 Å². The number of hydrogen-bond acceptors (Lipinski definition) is 4. The first-order valence-corrected chi connectivity index (χ1v) is 7.64. The molecule has 0 aliphatic carbocycles. The van der Waals surface area contributed by atoms with Gasteiger partial charge in [0, 0.05) is 6.20 Å². The largest absolute Gasteiger partial charge is 0.394 e. The first-order chi connectivity index (χ1) is 9.42. The Morgan fingerprint density at radius 3 is 2.75 bits per heavy atom. The number of anilines is 1. The third-order valence-electron chi connectivity index (χ3n) is 2.88. The molecule has 6 nitrogen and oxygen atoms in total. The normalized spacial score (nSPS) is 11.6. The maximum Gasteiger partial charge on any atom is 0.265 e. The first-order valence-electron chi connectivity index (χ1n) is 6.16. The van der Waals surface area contributed by atoms with Crippen molar-refractivity contribution in [2.75, 3.05) is 11.3 Å². The zero-order chi connectivity index (χ0) is 14.8.